The molecule has 0 aliphatic carbocycles. The van der Waals surface area contributed by atoms with Gasteiger partial charge in [0.05, 0.1) is 10.8 Å². The molecular formula is C18H14Cl2F2N4OS. The fourth-order valence-corrected chi connectivity index (χ4v) is 3.75. The fraction of sp³-hybridized carbons (Fsp3) is 0.167. The lowest BCUT2D eigenvalue weighted by Crippen LogP contribution is -2.15. The van der Waals surface area contributed by atoms with Crippen molar-refractivity contribution in [2.75, 3.05) is 11.1 Å². The average Bonchev–Trinajstić information content (AvgIpc) is 3.05. The first-order chi connectivity index (χ1) is 13.4. The third kappa shape index (κ3) is 4.63. The van der Waals surface area contributed by atoms with Crippen molar-refractivity contribution in [1.82, 2.24) is 14.8 Å². The van der Waals surface area contributed by atoms with Gasteiger partial charge in [-0.1, -0.05) is 35.0 Å². The van der Waals surface area contributed by atoms with Crippen LogP contribution in [-0.4, -0.2) is 26.4 Å². The average molecular weight is 443 g/mol. The second kappa shape index (κ2) is 8.89. The predicted molar refractivity (Wildman–Crippen MR) is 107 cm³/mol. The number of benzene rings is 2. The van der Waals surface area contributed by atoms with Crippen molar-refractivity contribution in [3.05, 3.63) is 58.1 Å². The molecule has 0 bridgehead atoms. The van der Waals surface area contributed by atoms with Crippen LogP contribution < -0.4 is 5.32 Å². The first kappa shape index (κ1) is 20.6. The molecule has 0 saturated heterocycles. The maximum absolute atomic E-state index is 13.2. The zero-order valence-electron chi connectivity index (χ0n) is 14.5. The molecule has 0 unspecified atom stereocenters. The summed E-state index contributed by atoms with van der Waals surface area (Å²) >= 11 is 13.4. The highest BCUT2D eigenvalue weighted by molar-refractivity contribution is 7.99. The number of aromatic nitrogens is 3. The Balaban J connectivity index is 1.71. The lowest BCUT2D eigenvalue weighted by molar-refractivity contribution is -0.113. The van der Waals surface area contributed by atoms with Gasteiger partial charge in [0.15, 0.2) is 22.6 Å². The number of carbonyl (C=O) groups is 1. The van der Waals surface area contributed by atoms with Crippen LogP contribution in [0.1, 0.15) is 6.92 Å². The summed E-state index contributed by atoms with van der Waals surface area (Å²) in [5, 5.41) is 12.3. The van der Waals surface area contributed by atoms with Gasteiger partial charge in [0.1, 0.15) is 0 Å². The number of carbonyl (C=O) groups excluding carboxylic acids is 1. The molecule has 146 valence electrons. The Morgan fingerprint density at radius 3 is 2.61 bits per heavy atom. The number of hydrogen-bond donors (Lipinski definition) is 1. The van der Waals surface area contributed by atoms with E-state index < -0.39 is 11.6 Å². The first-order valence-electron chi connectivity index (χ1n) is 8.15. The van der Waals surface area contributed by atoms with Gasteiger partial charge in [-0.15, -0.1) is 10.2 Å². The monoisotopic (exact) mass is 442 g/mol. The van der Waals surface area contributed by atoms with Gasteiger partial charge in [-0.3, -0.25) is 4.79 Å². The lowest BCUT2D eigenvalue weighted by atomic mass is 10.2. The summed E-state index contributed by atoms with van der Waals surface area (Å²) in [5.41, 5.74) is 0.855. The Morgan fingerprint density at radius 2 is 1.93 bits per heavy atom. The van der Waals surface area contributed by atoms with Crippen LogP contribution in [0.5, 0.6) is 0 Å². The highest BCUT2D eigenvalue weighted by Gasteiger charge is 2.17. The third-order valence-corrected chi connectivity index (χ3v) is 5.26. The number of nitrogens with one attached hydrogen (secondary N) is 1. The van der Waals surface area contributed by atoms with Gasteiger partial charge < -0.3 is 9.88 Å². The summed E-state index contributed by atoms with van der Waals surface area (Å²) in [4.78, 5) is 12.1. The van der Waals surface area contributed by atoms with Crippen LogP contribution in [-0.2, 0) is 11.3 Å². The second-order valence-electron chi connectivity index (χ2n) is 5.64. The number of rotatable bonds is 6. The van der Waals surface area contributed by atoms with E-state index >= 15 is 0 Å². The van der Waals surface area contributed by atoms with Crippen molar-refractivity contribution in [1.29, 1.82) is 0 Å². The SMILES string of the molecule is CCn1c(SCC(=O)Nc2ccc(F)c(F)c2)nnc1-c1ccc(Cl)cc1Cl. The number of thioether (sulfide) groups is 1. The topological polar surface area (TPSA) is 59.8 Å². The number of nitrogens with zero attached hydrogens (tertiary/aromatic N) is 3. The van der Waals surface area contributed by atoms with Crippen LogP contribution in [0.25, 0.3) is 11.4 Å². The van der Waals surface area contributed by atoms with E-state index in [-0.39, 0.29) is 17.3 Å². The summed E-state index contributed by atoms with van der Waals surface area (Å²) in [6.45, 7) is 2.48. The molecule has 1 N–H and O–H groups in total. The van der Waals surface area contributed by atoms with Crippen molar-refractivity contribution in [3.63, 3.8) is 0 Å². The minimum Gasteiger partial charge on any atom is -0.325 e. The summed E-state index contributed by atoms with van der Waals surface area (Å²) in [7, 11) is 0. The molecule has 28 heavy (non-hydrogen) atoms. The van der Waals surface area contributed by atoms with Crippen molar-refractivity contribution in [3.8, 4) is 11.4 Å². The lowest BCUT2D eigenvalue weighted by Gasteiger charge is -2.09. The second-order valence-corrected chi connectivity index (χ2v) is 7.43. The van der Waals surface area contributed by atoms with Crippen LogP contribution in [0.15, 0.2) is 41.6 Å². The van der Waals surface area contributed by atoms with Crippen LogP contribution in [0, 0.1) is 11.6 Å². The number of anilines is 1. The van der Waals surface area contributed by atoms with E-state index in [1.54, 1.807) is 18.2 Å². The molecule has 0 radical (unpaired) electrons. The Labute approximate surface area is 174 Å². The van der Waals surface area contributed by atoms with Gasteiger partial charge >= 0.3 is 0 Å². The van der Waals surface area contributed by atoms with Crippen LogP contribution >= 0.6 is 35.0 Å². The maximum Gasteiger partial charge on any atom is 0.234 e. The van der Waals surface area contributed by atoms with Gasteiger partial charge in [-0.05, 0) is 37.3 Å². The fourth-order valence-electron chi connectivity index (χ4n) is 2.45. The molecule has 10 heteroatoms. The molecule has 2 aromatic carbocycles. The Morgan fingerprint density at radius 1 is 1.14 bits per heavy atom. The van der Waals surface area contributed by atoms with E-state index in [0.29, 0.717) is 33.1 Å². The van der Waals surface area contributed by atoms with Crippen LogP contribution in [0.3, 0.4) is 0 Å². The van der Waals surface area contributed by atoms with E-state index in [2.05, 4.69) is 15.5 Å². The van der Waals surface area contributed by atoms with Gasteiger partial charge in [-0.25, -0.2) is 8.78 Å². The minimum absolute atomic E-state index is 0.0193. The molecule has 3 aromatic rings. The minimum atomic E-state index is -1.03. The molecule has 0 fully saturated rings. The summed E-state index contributed by atoms with van der Waals surface area (Å²) < 4.78 is 28.0. The first-order valence-corrected chi connectivity index (χ1v) is 9.89. The van der Waals surface area contributed by atoms with Gasteiger partial charge in [-0.2, -0.15) is 0 Å². The Hall–Kier alpha value is -2.16. The molecule has 1 heterocycles. The zero-order valence-corrected chi connectivity index (χ0v) is 16.9. The standard InChI is InChI=1S/C18H14Cl2F2N4OS/c1-2-26-17(12-5-3-10(19)7-13(12)20)24-25-18(26)28-9-16(27)23-11-4-6-14(21)15(22)8-11/h3-8H,2,9H2,1H3,(H,23,27). The molecule has 0 aliphatic heterocycles. The molecule has 0 spiro atoms. The van der Waals surface area contributed by atoms with Crippen LogP contribution in [0.4, 0.5) is 14.5 Å². The van der Waals surface area contributed by atoms with Crippen molar-refractivity contribution < 1.29 is 13.6 Å². The highest BCUT2D eigenvalue weighted by Crippen LogP contribution is 2.31. The normalized spacial score (nSPS) is 10.9. The van der Waals surface area contributed by atoms with Crippen molar-refractivity contribution in [2.45, 2.75) is 18.6 Å². The van der Waals surface area contributed by atoms with Crippen molar-refractivity contribution >= 4 is 46.6 Å². The molecule has 5 nitrogen and oxygen atoms in total. The molecule has 3 rings (SSSR count). The molecule has 1 amide bonds. The van der Waals surface area contributed by atoms with E-state index in [4.69, 9.17) is 23.2 Å². The molecule has 0 saturated carbocycles. The van der Waals surface area contributed by atoms with Gasteiger partial charge in [0, 0.05) is 28.9 Å². The van der Waals surface area contributed by atoms with E-state index in [9.17, 15) is 13.6 Å². The Kier molecular flexibility index (Phi) is 6.53. The van der Waals surface area contributed by atoms with Crippen molar-refractivity contribution in [2.24, 2.45) is 0 Å². The maximum atomic E-state index is 13.2. The summed E-state index contributed by atoms with van der Waals surface area (Å²) in [6.07, 6.45) is 0. The largest absolute Gasteiger partial charge is 0.325 e. The van der Waals surface area contributed by atoms with E-state index in [1.807, 2.05) is 11.5 Å². The van der Waals surface area contributed by atoms with Crippen LogP contribution in [0.2, 0.25) is 10.0 Å². The number of hydrogen-bond acceptors (Lipinski definition) is 4. The number of amides is 1. The molecule has 1 aromatic heterocycles. The molecule has 0 atom stereocenters. The Bertz CT molecular complexity index is 1030. The molecule has 0 aliphatic rings. The quantitative estimate of drug-likeness (QED) is 0.527. The summed E-state index contributed by atoms with van der Waals surface area (Å²) in [5.74, 6) is -1.80. The predicted octanol–water partition coefficient (Wildman–Crippen LogP) is 5.28. The highest BCUT2D eigenvalue weighted by atomic mass is 35.5. The van der Waals surface area contributed by atoms with E-state index in [1.165, 1.54) is 17.8 Å². The van der Waals surface area contributed by atoms with Gasteiger partial charge in [0.2, 0.25) is 5.91 Å². The number of halogens is 4. The smallest absolute Gasteiger partial charge is 0.234 e. The zero-order chi connectivity index (χ0) is 20.3. The molecular weight excluding hydrogens is 429 g/mol. The summed E-state index contributed by atoms with van der Waals surface area (Å²) in [6, 6.07) is 8.25. The third-order valence-electron chi connectivity index (χ3n) is 3.74. The van der Waals surface area contributed by atoms with Gasteiger partial charge in [0.25, 0.3) is 0 Å². The van der Waals surface area contributed by atoms with E-state index in [0.717, 1.165) is 12.1 Å².